The number of carbonyl (C=O) groups excluding carboxylic acids is 2. The number of amides is 1. The van der Waals surface area contributed by atoms with Gasteiger partial charge >= 0.3 is 12.1 Å². The van der Waals surface area contributed by atoms with E-state index in [1.165, 1.54) is 7.11 Å². The lowest BCUT2D eigenvalue weighted by atomic mass is 9.63. The first kappa shape index (κ1) is 16.3. The molecule has 0 aliphatic heterocycles. The molecular weight excluding hydrogens is 282 g/mol. The van der Waals surface area contributed by atoms with Crippen molar-refractivity contribution in [3.8, 4) is 0 Å². The van der Waals surface area contributed by atoms with Crippen molar-refractivity contribution < 1.29 is 19.1 Å². The van der Waals surface area contributed by atoms with Crippen LogP contribution in [0.25, 0.3) is 0 Å². The molecule has 5 heteroatoms. The molecule has 1 aliphatic carbocycles. The second kappa shape index (κ2) is 5.99. The molecule has 1 fully saturated rings. The third-order valence-electron chi connectivity index (χ3n) is 3.90. The predicted molar refractivity (Wildman–Crippen MR) is 82.5 cm³/mol. The summed E-state index contributed by atoms with van der Waals surface area (Å²) in [4.78, 5) is 24.4. The Hall–Kier alpha value is -2.04. The van der Waals surface area contributed by atoms with Gasteiger partial charge in [-0.15, -0.1) is 0 Å². The molecule has 5 nitrogen and oxygen atoms in total. The summed E-state index contributed by atoms with van der Waals surface area (Å²) in [6.07, 6.45) is 0.756. The van der Waals surface area contributed by atoms with Gasteiger partial charge in [0.15, 0.2) is 0 Å². The van der Waals surface area contributed by atoms with Crippen LogP contribution in [0.3, 0.4) is 0 Å². The van der Waals surface area contributed by atoms with E-state index in [1.807, 2.05) is 30.3 Å². The molecule has 0 spiro atoms. The summed E-state index contributed by atoms with van der Waals surface area (Å²) in [6, 6.07) is 9.67. The summed E-state index contributed by atoms with van der Waals surface area (Å²) in [5.74, 6) is -0.535. The van der Waals surface area contributed by atoms with Crippen LogP contribution in [0.1, 0.15) is 45.1 Å². The molecule has 1 amide bonds. The standard InChI is InChI=1S/C17H23NO4/c1-16(2,3)22-15(20)18-17(14(19)21-4)11-10-13(17)12-8-6-5-7-9-12/h5-9,13H,10-11H2,1-4H3,(H,18,20). The molecule has 0 saturated heterocycles. The summed E-state index contributed by atoms with van der Waals surface area (Å²) in [5, 5.41) is 2.75. The number of rotatable bonds is 3. The number of hydrogen-bond donors (Lipinski definition) is 1. The first-order valence-electron chi connectivity index (χ1n) is 7.43. The lowest BCUT2D eigenvalue weighted by Crippen LogP contribution is -2.64. The molecule has 0 radical (unpaired) electrons. The fourth-order valence-corrected chi connectivity index (χ4v) is 2.83. The van der Waals surface area contributed by atoms with E-state index in [-0.39, 0.29) is 5.92 Å². The van der Waals surface area contributed by atoms with Crippen molar-refractivity contribution in [1.29, 1.82) is 0 Å². The van der Waals surface area contributed by atoms with Crippen molar-refractivity contribution in [3.05, 3.63) is 35.9 Å². The minimum absolute atomic E-state index is 0.103. The van der Waals surface area contributed by atoms with Crippen LogP contribution >= 0.6 is 0 Å². The van der Waals surface area contributed by atoms with E-state index in [0.717, 1.165) is 12.0 Å². The zero-order valence-electron chi connectivity index (χ0n) is 13.5. The van der Waals surface area contributed by atoms with Crippen molar-refractivity contribution in [2.75, 3.05) is 7.11 Å². The van der Waals surface area contributed by atoms with Gasteiger partial charge in [0.05, 0.1) is 7.11 Å². The van der Waals surface area contributed by atoms with Crippen LogP contribution in [0.5, 0.6) is 0 Å². The smallest absolute Gasteiger partial charge is 0.408 e. The van der Waals surface area contributed by atoms with Gasteiger partial charge in [0, 0.05) is 5.92 Å². The number of ether oxygens (including phenoxy) is 2. The summed E-state index contributed by atoms with van der Waals surface area (Å²) in [5.41, 5.74) is -0.651. The number of methoxy groups -OCH3 is 1. The van der Waals surface area contributed by atoms with Crippen molar-refractivity contribution >= 4 is 12.1 Å². The monoisotopic (exact) mass is 305 g/mol. The Morgan fingerprint density at radius 3 is 2.32 bits per heavy atom. The fraction of sp³-hybridized carbons (Fsp3) is 0.529. The van der Waals surface area contributed by atoms with Gasteiger partial charge in [-0.3, -0.25) is 0 Å². The second-order valence-corrected chi connectivity index (χ2v) is 6.59. The molecule has 1 saturated carbocycles. The Labute approximate surface area is 131 Å². The first-order chi connectivity index (χ1) is 10.3. The number of nitrogens with one attached hydrogen (secondary N) is 1. The van der Waals surface area contributed by atoms with Gasteiger partial charge in [0.1, 0.15) is 11.1 Å². The highest BCUT2D eigenvalue weighted by molar-refractivity contribution is 5.88. The average molecular weight is 305 g/mol. The maximum Gasteiger partial charge on any atom is 0.408 e. The highest BCUT2D eigenvalue weighted by Crippen LogP contribution is 2.46. The van der Waals surface area contributed by atoms with E-state index in [9.17, 15) is 9.59 Å². The Morgan fingerprint density at radius 2 is 1.86 bits per heavy atom. The first-order valence-corrected chi connectivity index (χ1v) is 7.43. The van der Waals surface area contributed by atoms with Crippen LogP contribution in [-0.4, -0.2) is 30.3 Å². The van der Waals surface area contributed by atoms with Gasteiger partial charge in [-0.05, 0) is 39.2 Å². The minimum Gasteiger partial charge on any atom is -0.467 e. The summed E-state index contributed by atoms with van der Waals surface area (Å²) in [6.45, 7) is 5.35. The van der Waals surface area contributed by atoms with Gasteiger partial charge in [-0.2, -0.15) is 0 Å². The van der Waals surface area contributed by atoms with Crippen molar-refractivity contribution in [2.24, 2.45) is 0 Å². The fourth-order valence-electron chi connectivity index (χ4n) is 2.83. The van der Waals surface area contributed by atoms with Crippen LogP contribution < -0.4 is 5.32 Å². The van der Waals surface area contributed by atoms with Crippen molar-refractivity contribution in [1.82, 2.24) is 5.32 Å². The van der Waals surface area contributed by atoms with Crippen LogP contribution in [0.15, 0.2) is 30.3 Å². The predicted octanol–water partition coefficient (Wildman–Crippen LogP) is 3.00. The van der Waals surface area contributed by atoms with E-state index in [1.54, 1.807) is 20.8 Å². The van der Waals surface area contributed by atoms with E-state index in [0.29, 0.717) is 6.42 Å². The highest BCUT2D eigenvalue weighted by atomic mass is 16.6. The largest absolute Gasteiger partial charge is 0.467 e. The lowest BCUT2D eigenvalue weighted by Gasteiger charge is -2.47. The highest BCUT2D eigenvalue weighted by Gasteiger charge is 2.56. The molecule has 2 rings (SSSR count). The third-order valence-corrected chi connectivity index (χ3v) is 3.90. The van der Waals surface area contributed by atoms with Crippen LogP contribution in [-0.2, 0) is 14.3 Å². The number of alkyl carbamates (subject to hydrolysis) is 1. The molecule has 1 N–H and O–H groups in total. The Morgan fingerprint density at radius 1 is 1.23 bits per heavy atom. The molecule has 0 bridgehead atoms. The second-order valence-electron chi connectivity index (χ2n) is 6.59. The zero-order chi connectivity index (χ0) is 16.4. The molecule has 1 aromatic carbocycles. The molecule has 0 aromatic heterocycles. The lowest BCUT2D eigenvalue weighted by molar-refractivity contribution is -0.154. The molecule has 120 valence electrons. The topological polar surface area (TPSA) is 64.6 Å². The maximum atomic E-state index is 12.3. The molecule has 2 atom stereocenters. The minimum atomic E-state index is -1.04. The van der Waals surface area contributed by atoms with Crippen LogP contribution in [0, 0.1) is 0 Å². The zero-order valence-corrected chi connectivity index (χ0v) is 13.5. The van der Waals surface area contributed by atoms with E-state index < -0.39 is 23.2 Å². The SMILES string of the molecule is COC(=O)C1(NC(=O)OC(C)(C)C)CCC1c1ccccc1. The van der Waals surface area contributed by atoms with E-state index >= 15 is 0 Å². The normalized spacial score (nSPS) is 24.1. The van der Waals surface area contributed by atoms with Gasteiger partial charge in [-0.25, -0.2) is 9.59 Å². The van der Waals surface area contributed by atoms with Crippen molar-refractivity contribution in [3.63, 3.8) is 0 Å². The molecule has 0 heterocycles. The van der Waals surface area contributed by atoms with Crippen molar-refractivity contribution in [2.45, 2.75) is 50.7 Å². The number of carbonyl (C=O) groups is 2. The molecular formula is C17H23NO4. The number of esters is 1. The van der Waals surface area contributed by atoms with Gasteiger partial charge in [-0.1, -0.05) is 30.3 Å². The van der Waals surface area contributed by atoms with E-state index in [2.05, 4.69) is 5.32 Å². The average Bonchev–Trinajstić information content (AvgIpc) is 2.42. The van der Waals surface area contributed by atoms with Crippen LogP contribution in [0.4, 0.5) is 4.79 Å². The number of benzene rings is 1. The number of hydrogen-bond acceptors (Lipinski definition) is 4. The van der Waals surface area contributed by atoms with Gasteiger partial charge in [0.2, 0.25) is 0 Å². The summed E-state index contributed by atoms with van der Waals surface area (Å²) in [7, 11) is 1.33. The summed E-state index contributed by atoms with van der Waals surface area (Å²) < 4.78 is 10.2. The Bertz CT molecular complexity index is 550. The molecule has 1 aromatic rings. The van der Waals surface area contributed by atoms with E-state index in [4.69, 9.17) is 9.47 Å². The van der Waals surface area contributed by atoms with Gasteiger partial charge < -0.3 is 14.8 Å². The molecule has 22 heavy (non-hydrogen) atoms. The Balaban J connectivity index is 2.23. The molecule has 1 aliphatic rings. The maximum absolute atomic E-state index is 12.3. The Kier molecular flexibility index (Phi) is 4.44. The summed E-state index contributed by atoms with van der Waals surface area (Å²) >= 11 is 0. The third kappa shape index (κ3) is 3.24. The van der Waals surface area contributed by atoms with Crippen LogP contribution in [0.2, 0.25) is 0 Å². The van der Waals surface area contributed by atoms with Gasteiger partial charge in [0.25, 0.3) is 0 Å². The molecule has 2 unspecified atom stereocenters. The quantitative estimate of drug-likeness (QED) is 0.872.